The smallest absolute Gasteiger partial charge is 0.331 e. The number of fused-ring (bicyclic) bond motifs is 2. The number of hydrogen-bond acceptors (Lipinski definition) is 6. The molecule has 13 heteroatoms. The highest BCUT2D eigenvalue weighted by Crippen LogP contribution is 2.29. The summed E-state index contributed by atoms with van der Waals surface area (Å²) in [6, 6.07) is 15.1. The van der Waals surface area contributed by atoms with Gasteiger partial charge in [0.05, 0.1) is 11.6 Å². The van der Waals surface area contributed by atoms with Crippen molar-refractivity contribution < 1.29 is 37.5 Å². The summed E-state index contributed by atoms with van der Waals surface area (Å²) in [7, 11) is 0. The van der Waals surface area contributed by atoms with Crippen LogP contribution in [0, 0.1) is 5.82 Å². The maximum absolute atomic E-state index is 14.6. The topological polar surface area (TPSA) is 120 Å². The number of likely N-dealkylation sites (tertiary alicyclic amines) is 1. The summed E-state index contributed by atoms with van der Waals surface area (Å²) >= 11 is 5.82. The van der Waals surface area contributed by atoms with Crippen LogP contribution in [-0.2, 0) is 34.0 Å². The Labute approximate surface area is 284 Å². The second kappa shape index (κ2) is 13.6. The van der Waals surface area contributed by atoms with Gasteiger partial charge in [0, 0.05) is 63.9 Å². The Bertz CT molecular complexity index is 2160. The van der Waals surface area contributed by atoms with E-state index in [0.717, 1.165) is 10.3 Å². The SMILES string of the molecule is CC(=O)c1cn(CC(=O)Oc2ccc3c(c2)c(C(C)=O)cn3CC(=O)N2C[C@H](F)C[C@H]2C(=O)NCc2cccc(Cl)c2F)c2ccccc12. The zero-order valence-electron chi connectivity index (χ0n) is 26.5. The summed E-state index contributed by atoms with van der Waals surface area (Å²) in [4.78, 5) is 65.4. The van der Waals surface area contributed by atoms with E-state index in [-0.39, 0.29) is 66.1 Å². The van der Waals surface area contributed by atoms with E-state index in [1.807, 2.05) is 6.07 Å². The molecular formula is C36H31ClF2N4O6. The van der Waals surface area contributed by atoms with Crippen molar-refractivity contribution in [2.24, 2.45) is 0 Å². The lowest BCUT2D eigenvalue weighted by atomic mass is 10.1. The maximum atomic E-state index is 14.6. The molecule has 252 valence electrons. The summed E-state index contributed by atoms with van der Waals surface area (Å²) < 4.78 is 37.7. The number of Topliss-reactive ketones (excluding diaryl/α,β-unsaturated/α-hetero) is 2. The number of nitrogens with zero attached hydrogens (tertiary/aromatic N) is 3. The Balaban J connectivity index is 1.18. The second-order valence-electron chi connectivity index (χ2n) is 11.9. The number of carbonyl (C=O) groups excluding carboxylic acids is 5. The predicted octanol–water partition coefficient (Wildman–Crippen LogP) is 5.65. The molecule has 0 aliphatic carbocycles. The average Bonchev–Trinajstić information content (AvgIpc) is 3.75. The molecule has 3 aromatic carbocycles. The van der Waals surface area contributed by atoms with Crippen molar-refractivity contribution in [3.05, 3.63) is 101 Å². The van der Waals surface area contributed by atoms with Gasteiger partial charge in [-0.25, -0.2) is 13.6 Å². The minimum atomic E-state index is -1.44. The molecule has 1 fully saturated rings. The van der Waals surface area contributed by atoms with Crippen molar-refractivity contribution in [1.29, 1.82) is 0 Å². The summed E-state index contributed by atoms with van der Waals surface area (Å²) in [5.74, 6) is -2.74. The van der Waals surface area contributed by atoms with Crippen LogP contribution < -0.4 is 10.1 Å². The molecule has 6 rings (SSSR count). The van der Waals surface area contributed by atoms with Crippen LogP contribution in [0.3, 0.4) is 0 Å². The van der Waals surface area contributed by atoms with E-state index < -0.39 is 35.8 Å². The average molecular weight is 689 g/mol. The molecule has 0 spiro atoms. The van der Waals surface area contributed by atoms with E-state index in [1.54, 1.807) is 35.0 Å². The van der Waals surface area contributed by atoms with Gasteiger partial charge < -0.3 is 24.1 Å². The molecule has 1 aliphatic heterocycles. The first-order chi connectivity index (χ1) is 23.4. The number of benzene rings is 3. The number of ketones is 2. The van der Waals surface area contributed by atoms with Gasteiger partial charge in [0.2, 0.25) is 11.8 Å². The first-order valence-corrected chi connectivity index (χ1v) is 15.9. The third kappa shape index (κ3) is 6.82. The van der Waals surface area contributed by atoms with Crippen LogP contribution in [0.4, 0.5) is 8.78 Å². The molecule has 10 nitrogen and oxygen atoms in total. The zero-order valence-corrected chi connectivity index (χ0v) is 27.3. The van der Waals surface area contributed by atoms with Crippen molar-refractivity contribution in [2.75, 3.05) is 6.54 Å². The van der Waals surface area contributed by atoms with E-state index in [9.17, 15) is 32.8 Å². The Morgan fingerprint density at radius 2 is 1.55 bits per heavy atom. The van der Waals surface area contributed by atoms with Crippen LogP contribution in [0.25, 0.3) is 21.8 Å². The van der Waals surface area contributed by atoms with Gasteiger partial charge >= 0.3 is 5.97 Å². The van der Waals surface area contributed by atoms with Gasteiger partial charge in [0.15, 0.2) is 11.6 Å². The quantitative estimate of drug-likeness (QED) is 0.115. The number of nitrogens with one attached hydrogen (secondary N) is 1. The standard InChI is InChI=1S/C36H31ClF2N4O6/c1-20(44)27-16-42(30-9-4-3-7-25(27)30)19-34(47)49-24-10-11-31-26(13-24)28(21(2)45)17-41(31)18-33(46)43-15-23(38)12-32(43)36(48)40-14-22-6-5-8-29(37)35(22)39/h3-11,13,16-17,23,32H,12,14-15,18-19H2,1-2H3,(H,40,48)/t23-,32+/m1/s1. The number of esters is 1. The number of aromatic nitrogens is 2. The number of para-hydroxylation sites is 1. The van der Waals surface area contributed by atoms with Gasteiger partial charge in [-0.3, -0.25) is 19.2 Å². The summed E-state index contributed by atoms with van der Waals surface area (Å²) in [6.07, 6.45) is 1.45. The Morgan fingerprint density at radius 3 is 2.29 bits per heavy atom. The van der Waals surface area contributed by atoms with Crippen molar-refractivity contribution in [3.8, 4) is 5.75 Å². The Kier molecular flexibility index (Phi) is 9.33. The van der Waals surface area contributed by atoms with Crippen LogP contribution in [0.2, 0.25) is 5.02 Å². The normalized spacial score (nSPS) is 15.9. The molecule has 3 heterocycles. The van der Waals surface area contributed by atoms with Crippen LogP contribution in [-0.4, -0.2) is 62.1 Å². The Hall–Kier alpha value is -5.36. The van der Waals surface area contributed by atoms with E-state index in [1.165, 1.54) is 54.9 Å². The molecule has 0 unspecified atom stereocenters. The van der Waals surface area contributed by atoms with Gasteiger partial charge in [-0.1, -0.05) is 41.9 Å². The lowest BCUT2D eigenvalue weighted by Crippen LogP contribution is -2.46. The molecule has 2 atom stereocenters. The minimum absolute atomic E-state index is 0.0997. The number of hydrogen-bond donors (Lipinski definition) is 1. The molecule has 1 N–H and O–H groups in total. The van der Waals surface area contributed by atoms with Crippen LogP contribution in [0.5, 0.6) is 5.75 Å². The van der Waals surface area contributed by atoms with Gasteiger partial charge in [-0.15, -0.1) is 0 Å². The minimum Gasteiger partial charge on any atom is -0.425 e. The molecule has 0 saturated carbocycles. The zero-order chi connectivity index (χ0) is 35.0. The number of ether oxygens (including phenoxy) is 1. The maximum Gasteiger partial charge on any atom is 0.331 e. The monoisotopic (exact) mass is 688 g/mol. The summed E-state index contributed by atoms with van der Waals surface area (Å²) in [5, 5.41) is 3.62. The molecule has 1 saturated heterocycles. The molecule has 2 amide bonds. The lowest BCUT2D eigenvalue weighted by Gasteiger charge is -2.24. The fourth-order valence-electron chi connectivity index (χ4n) is 6.24. The summed E-state index contributed by atoms with van der Waals surface area (Å²) in [6.45, 7) is 1.85. The Morgan fingerprint density at radius 1 is 0.878 bits per heavy atom. The van der Waals surface area contributed by atoms with E-state index in [0.29, 0.717) is 22.0 Å². The van der Waals surface area contributed by atoms with E-state index in [4.69, 9.17) is 16.3 Å². The van der Waals surface area contributed by atoms with Gasteiger partial charge in [-0.2, -0.15) is 0 Å². The van der Waals surface area contributed by atoms with Gasteiger partial charge in [-0.05, 0) is 44.2 Å². The van der Waals surface area contributed by atoms with Crippen molar-refractivity contribution in [1.82, 2.24) is 19.4 Å². The summed E-state index contributed by atoms with van der Waals surface area (Å²) in [5.41, 5.74) is 2.09. The fraction of sp³-hybridized carbons (Fsp3) is 0.250. The molecule has 5 aromatic rings. The lowest BCUT2D eigenvalue weighted by molar-refractivity contribution is -0.139. The van der Waals surface area contributed by atoms with Crippen molar-refractivity contribution in [2.45, 2.75) is 52.1 Å². The fourth-order valence-corrected chi connectivity index (χ4v) is 6.44. The first-order valence-electron chi connectivity index (χ1n) is 15.5. The van der Waals surface area contributed by atoms with Crippen molar-refractivity contribution in [3.63, 3.8) is 0 Å². The molecule has 2 aromatic heterocycles. The number of amides is 2. The predicted molar refractivity (Wildman–Crippen MR) is 178 cm³/mol. The van der Waals surface area contributed by atoms with Crippen LogP contribution >= 0.6 is 11.6 Å². The highest BCUT2D eigenvalue weighted by molar-refractivity contribution is 6.30. The third-order valence-electron chi connectivity index (χ3n) is 8.59. The first kappa shape index (κ1) is 33.5. The molecule has 0 radical (unpaired) electrons. The van der Waals surface area contributed by atoms with Gasteiger partial charge in [0.1, 0.15) is 36.9 Å². The number of carbonyl (C=O) groups is 5. The second-order valence-corrected chi connectivity index (χ2v) is 12.4. The largest absolute Gasteiger partial charge is 0.425 e. The number of halogens is 3. The third-order valence-corrected chi connectivity index (χ3v) is 8.89. The molecule has 49 heavy (non-hydrogen) atoms. The highest BCUT2D eigenvalue weighted by Gasteiger charge is 2.40. The molecule has 0 bridgehead atoms. The van der Waals surface area contributed by atoms with Gasteiger partial charge in [0.25, 0.3) is 0 Å². The van der Waals surface area contributed by atoms with Crippen LogP contribution in [0.1, 0.15) is 46.5 Å². The number of rotatable bonds is 10. The van der Waals surface area contributed by atoms with Crippen molar-refractivity contribution >= 4 is 62.8 Å². The number of alkyl halides is 1. The van der Waals surface area contributed by atoms with E-state index in [2.05, 4.69) is 5.32 Å². The van der Waals surface area contributed by atoms with E-state index >= 15 is 0 Å². The molecular weight excluding hydrogens is 658 g/mol. The van der Waals surface area contributed by atoms with Crippen LogP contribution in [0.15, 0.2) is 73.1 Å². The highest BCUT2D eigenvalue weighted by atomic mass is 35.5. The molecule has 1 aliphatic rings.